The van der Waals surface area contributed by atoms with Gasteiger partial charge in [-0.2, -0.15) is 4.31 Å². The molecule has 0 unspecified atom stereocenters. The molecule has 0 atom stereocenters. The minimum atomic E-state index is -3.70. The van der Waals surface area contributed by atoms with E-state index in [2.05, 4.69) is 5.32 Å². The van der Waals surface area contributed by atoms with E-state index in [0.717, 1.165) is 15.3 Å². The van der Waals surface area contributed by atoms with Gasteiger partial charge in [-0.1, -0.05) is 41.4 Å². The molecule has 0 heterocycles. The van der Waals surface area contributed by atoms with Crippen LogP contribution in [-0.4, -0.2) is 32.2 Å². The zero-order chi connectivity index (χ0) is 18.4. The highest BCUT2D eigenvalue weighted by molar-refractivity contribution is 7.92. The van der Waals surface area contributed by atoms with Crippen LogP contribution in [-0.2, 0) is 14.8 Å². The number of nitrogens with one attached hydrogen (secondary N) is 1. The Kier molecular flexibility index (Phi) is 6.36. The van der Waals surface area contributed by atoms with Crippen molar-refractivity contribution in [3.8, 4) is 0 Å². The predicted molar refractivity (Wildman–Crippen MR) is 102 cm³/mol. The Bertz CT molecular complexity index is 860. The first-order chi connectivity index (χ1) is 11.8. The fourth-order valence-electron chi connectivity index (χ4n) is 1.97. The molecular formula is C18H19ClN2O3S. The number of amides is 1. The Labute approximate surface area is 153 Å². The van der Waals surface area contributed by atoms with Crippen molar-refractivity contribution in [2.75, 3.05) is 18.9 Å². The smallest absolute Gasteiger partial charge is 0.239 e. The summed E-state index contributed by atoms with van der Waals surface area (Å²) in [5.41, 5.74) is 2.40. The Morgan fingerprint density at radius 2 is 1.72 bits per heavy atom. The fourth-order valence-corrected chi connectivity index (χ4v) is 2.93. The maximum Gasteiger partial charge on any atom is 0.239 e. The average molecular weight is 379 g/mol. The van der Waals surface area contributed by atoms with E-state index in [0.29, 0.717) is 16.3 Å². The Morgan fingerprint density at radius 3 is 2.32 bits per heavy atom. The van der Waals surface area contributed by atoms with Gasteiger partial charge in [0, 0.05) is 23.2 Å². The van der Waals surface area contributed by atoms with Gasteiger partial charge in [0.1, 0.15) is 0 Å². The number of halogens is 1. The number of benzene rings is 2. The number of nitrogens with zero attached hydrogens (tertiary/aromatic N) is 1. The number of carbonyl (C=O) groups excluding carboxylic acids is 1. The fraction of sp³-hybridized carbons (Fsp3) is 0.167. The van der Waals surface area contributed by atoms with E-state index in [9.17, 15) is 13.2 Å². The van der Waals surface area contributed by atoms with Crippen molar-refractivity contribution in [3.05, 3.63) is 70.1 Å². The van der Waals surface area contributed by atoms with E-state index < -0.39 is 15.9 Å². The molecule has 0 aromatic heterocycles. The SMILES string of the molecule is Cc1ccc(NC(=O)CN(C)S(=O)(=O)/C=C/c2ccc(Cl)cc2)cc1. The molecule has 2 rings (SSSR count). The zero-order valence-electron chi connectivity index (χ0n) is 13.9. The predicted octanol–water partition coefficient (Wildman–Crippen LogP) is 3.52. The molecule has 5 nitrogen and oxygen atoms in total. The van der Waals surface area contributed by atoms with Crippen LogP contribution in [0.2, 0.25) is 5.02 Å². The number of hydrogen-bond acceptors (Lipinski definition) is 3. The van der Waals surface area contributed by atoms with Crippen LogP contribution in [0.4, 0.5) is 5.69 Å². The third kappa shape index (κ3) is 6.01. The molecule has 0 aliphatic carbocycles. The van der Waals surface area contributed by atoms with E-state index >= 15 is 0 Å². The lowest BCUT2D eigenvalue weighted by atomic mass is 10.2. The molecule has 0 aliphatic rings. The summed E-state index contributed by atoms with van der Waals surface area (Å²) in [5, 5.41) is 4.31. The molecule has 0 spiro atoms. The lowest BCUT2D eigenvalue weighted by Crippen LogP contribution is -2.33. The first kappa shape index (κ1) is 19.2. The summed E-state index contributed by atoms with van der Waals surface area (Å²) in [5.74, 6) is -0.408. The first-order valence-corrected chi connectivity index (χ1v) is 9.41. The lowest BCUT2D eigenvalue weighted by Gasteiger charge is -2.14. The third-order valence-corrected chi connectivity index (χ3v) is 5.17. The molecular weight excluding hydrogens is 360 g/mol. The van der Waals surface area contributed by atoms with Crippen molar-refractivity contribution in [2.45, 2.75) is 6.92 Å². The molecule has 1 N–H and O–H groups in total. The van der Waals surface area contributed by atoms with Crippen LogP contribution in [0.25, 0.3) is 6.08 Å². The largest absolute Gasteiger partial charge is 0.325 e. The number of likely N-dealkylation sites (N-methyl/N-ethyl adjacent to an activating group) is 1. The Balaban J connectivity index is 1.97. The summed E-state index contributed by atoms with van der Waals surface area (Å²) in [7, 11) is -2.35. The second-order valence-electron chi connectivity index (χ2n) is 5.57. The van der Waals surface area contributed by atoms with E-state index in [1.165, 1.54) is 13.1 Å². The molecule has 1 amide bonds. The van der Waals surface area contributed by atoms with Gasteiger partial charge in [0.15, 0.2) is 0 Å². The van der Waals surface area contributed by atoms with Crippen molar-refractivity contribution in [3.63, 3.8) is 0 Å². The minimum Gasteiger partial charge on any atom is -0.325 e. The maximum atomic E-state index is 12.2. The number of hydrogen-bond donors (Lipinski definition) is 1. The van der Waals surface area contributed by atoms with Gasteiger partial charge in [-0.3, -0.25) is 4.79 Å². The van der Waals surface area contributed by atoms with Gasteiger partial charge in [-0.05, 0) is 42.8 Å². The van der Waals surface area contributed by atoms with Crippen LogP contribution in [0.1, 0.15) is 11.1 Å². The quantitative estimate of drug-likeness (QED) is 0.836. The van der Waals surface area contributed by atoms with Crippen LogP contribution in [0.15, 0.2) is 53.9 Å². The van der Waals surface area contributed by atoms with Gasteiger partial charge in [0.25, 0.3) is 0 Å². The van der Waals surface area contributed by atoms with Crippen LogP contribution in [0.5, 0.6) is 0 Å². The third-order valence-electron chi connectivity index (χ3n) is 3.44. The minimum absolute atomic E-state index is 0.277. The normalized spacial score (nSPS) is 11.8. The van der Waals surface area contributed by atoms with E-state index in [1.54, 1.807) is 36.4 Å². The average Bonchev–Trinajstić information content (AvgIpc) is 2.56. The Hall–Kier alpha value is -2.15. The van der Waals surface area contributed by atoms with Gasteiger partial charge in [0.05, 0.1) is 6.54 Å². The van der Waals surface area contributed by atoms with Crippen molar-refractivity contribution < 1.29 is 13.2 Å². The van der Waals surface area contributed by atoms with Crippen LogP contribution in [0.3, 0.4) is 0 Å². The summed E-state index contributed by atoms with van der Waals surface area (Å²) in [6.07, 6.45) is 1.46. The number of aryl methyl sites for hydroxylation is 1. The molecule has 25 heavy (non-hydrogen) atoms. The van der Waals surface area contributed by atoms with Crippen molar-refractivity contribution in [1.29, 1.82) is 0 Å². The van der Waals surface area contributed by atoms with Gasteiger partial charge in [-0.25, -0.2) is 8.42 Å². The molecule has 2 aromatic carbocycles. The van der Waals surface area contributed by atoms with Gasteiger partial charge in [0.2, 0.25) is 15.9 Å². The molecule has 0 saturated heterocycles. The van der Waals surface area contributed by atoms with Crippen LogP contribution in [0, 0.1) is 6.92 Å². The molecule has 0 fully saturated rings. The topological polar surface area (TPSA) is 66.5 Å². The second-order valence-corrected chi connectivity index (χ2v) is 7.93. The van der Waals surface area contributed by atoms with Crippen molar-refractivity contribution >= 4 is 39.3 Å². The highest BCUT2D eigenvalue weighted by Crippen LogP contribution is 2.12. The standard InChI is InChI=1S/C18H19ClN2O3S/c1-14-3-9-17(10-4-14)20-18(22)13-21(2)25(23,24)12-11-15-5-7-16(19)8-6-15/h3-12H,13H2,1-2H3,(H,20,22)/b12-11+. The highest BCUT2D eigenvalue weighted by atomic mass is 35.5. The summed E-state index contributed by atoms with van der Waals surface area (Å²) in [6.45, 7) is 1.67. The molecule has 0 radical (unpaired) electrons. The summed E-state index contributed by atoms with van der Waals surface area (Å²) < 4.78 is 25.5. The number of sulfonamides is 1. The number of carbonyl (C=O) groups is 1. The van der Waals surface area contributed by atoms with E-state index in [1.807, 2.05) is 19.1 Å². The molecule has 2 aromatic rings. The number of anilines is 1. The van der Waals surface area contributed by atoms with Gasteiger partial charge >= 0.3 is 0 Å². The summed E-state index contributed by atoms with van der Waals surface area (Å²) in [4.78, 5) is 12.0. The monoisotopic (exact) mass is 378 g/mol. The molecule has 0 aliphatic heterocycles. The summed E-state index contributed by atoms with van der Waals surface area (Å²) >= 11 is 5.79. The maximum absolute atomic E-state index is 12.2. The zero-order valence-corrected chi connectivity index (χ0v) is 15.5. The second kappa shape index (κ2) is 8.29. The van der Waals surface area contributed by atoms with Crippen LogP contribution >= 0.6 is 11.6 Å². The van der Waals surface area contributed by atoms with Crippen LogP contribution < -0.4 is 5.32 Å². The Morgan fingerprint density at radius 1 is 1.12 bits per heavy atom. The molecule has 0 bridgehead atoms. The van der Waals surface area contributed by atoms with E-state index in [4.69, 9.17) is 11.6 Å². The molecule has 7 heteroatoms. The van der Waals surface area contributed by atoms with Crippen molar-refractivity contribution in [1.82, 2.24) is 4.31 Å². The van der Waals surface area contributed by atoms with Crippen molar-refractivity contribution in [2.24, 2.45) is 0 Å². The highest BCUT2D eigenvalue weighted by Gasteiger charge is 2.17. The van der Waals surface area contributed by atoms with Gasteiger partial charge in [-0.15, -0.1) is 0 Å². The lowest BCUT2D eigenvalue weighted by molar-refractivity contribution is -0.116. The van der Waals surface area contributed by atoms with Gasteiger partial charge < -0.3 is 5.32 Å². The molecule has 132 valence electrons. The van der Waals surface area contributed by atoms with E-state index in [-0.39, 0.29) is 6.54 Å². The molecule has 0 saturated carbocycles. The number of rotatable bonds is 6. The summed E-state index contributed by atoms with van der Waals surface area (Å²) in [6, 6.07) is 14.0. The first-order valence-electron chi connectivity index (χ1n) is 7.53.